The molecule has 1 unspecified atom stereocenters. The molecule has 1 aromatic rings. The highest BCUT2D eigenvalue weighted by atomic mass is 16.6. The molecule has 1 aliphatic rings. The molecule has 2 amide bonds. The topological polar surface area (TPSA) is 70.1 Å². The first-order valence-electron chi connectivity index (χ1n) is 9.25. The third kappa shape index (κ3) is 5.73. The van der Waals surface area contributed by atoms with Crippen molar-refractivity contribution in [2.45, 2.75) is 58.2 Å². The maximum Gasteiger partial charge on any atom is 0.410 e. The lowest BCUT2D eigenvalue weighted by atomic mass is 10.0. The Morgan fingerprint density at radius 2 is 1.92 bits per heavy atom. The smallest absolute Gasteiger partial charge is 0.410 e. The van der Waals surface area contributed by atoms with Crippen LogP contribution in [0, 0.1) is 0 Å². The summed E-state index contributed by atoms with van der Waals surface area (Å²) in [5, 5.41) is 9.39. The molecule has 1 aliphatic heterocycles. The van der Waals surface area contributed by atoms with E-state index >= 15 is 0 Å². The van der Waals surface area contributed by atoms with Crippen LogP contribution in [0.15, 0.2) is 30.3 Å². The summed E-state index contributed by atoms with van der Waals surface area (Å²) in [4.78, 5) is 28.9. The van der Waals surface area contributed by atoms with Gasteiger partial charge in [0.1, 0.15) is 11.6 Å². The Bertz CT molecular complexity index is 598. The number of benzene rings is 1. The van der Waals surface area contributed by atoms with Gasteiger partial charge >= 0.3 is 6.09 Å². The summed E-state index contributed by atoms with van der Waals surface area (Å²) < 4.78 is 5.48. The van der Waals surface area contributed by atoms with E-state index < -0.39 is 17.7 Å². The number of carbonyl (C=O) groups is 2. The first-order valence-corrected chi connectivity index (χ1v) is 9.25. The van der Waals surface area contributed by atoms with Crippen molar-refractivity contribution in [1.82, 2.24) is 9.80 Å². The SMILES string of the molecule is CC(C)(C)OC(=O)N1CCCCC1C(=O)N(CCO)Cc1ccccc1. The third-order valence-corrected chi connectivity index (χ3v) is 4.31. The van der Waals surface area contributed by atoms with Crippen molar-refractivity contribution in [2.75, 3.05) is 19.7 Å². The van der Waals surface area contributed by atoms with Gasteiger partial charge in [-0.15, -0.1) is 0 Å². The van der Waals surface area contributed by atoms with Crippen LogP contribution in [0.25, 0.3) is 0 Å². The molecule has 2 rings (SSSR count). The third-order valence-electron chi connectivity index (χ3n) is 4.31. The molecule has 1 heterocycles. The molecular weight excluding hydrogens is 332 g/mol. The van der Waals surface area contributed by atoms with E-state index in [0.717, 1.165) is 18.4 Å². The van der Waals surface area contributed by atoms with Gasteiger partial charge in [0, 0.05) is 19.6 Å². The second-order valence-electron chi connectivity index (χ2n) is 7.65. The summed E-state index contributed by atoms with van der Waals surface area (Å²) in [5.41, 5.74) is 0.394. The molecule has 0 radical (unpaired) electrons. The van der Waals surface area contributed by atoms with Gasteiger partial charge in [-0.25, -0.2) is 4.79 Å². The lowest BCUT2D eigenvalue weighted by molar-refractivity contribution is -0.139. The first-order chi connectivity index (χ1) is 12.3. The molecular formula is C20H30N2O4. The van der Waals surface area contributed by atoms with Gasteiger partial charge in [-0.3, -0.25) is 9.69 Å². The number of carbonyl (C=O) groups excluding carboxylic acids is 2. The number of nitrogens with zero attached hydrogens (tertiary/aromatic N) is 2. The van der Waals surface area contributed by atoms with Gasteiger partial charge < -0.3 is 14.7 Å². The second-order valence-corrected chi connectivity index (χ2v) is 7.65. The molecule has 26 heavy (non-hydrogen) atoms. The Hall–Kier alpha value is -2.08. The molecule has 1 fully saturated rings. The van der Waals surface area contributed by atoms with Crippen molar-refractivity contribution in [3.63, 3.8) is 0 Å². The van der Waals surface area contributed by atoms with Crippen LogP contribution in [0.5, 0.6) is 0 Å². The normalized spacial score (nSPS) is 17.7. The van der Waals surface area contributed by atoms with Crippen molar-refractivity contribution in [2.24, 2.45) is 0 Å². The summed E-state index contributed by atoms with van der Waals surface area (Å²) >= 11 is 0. The number of amides is 2. The zero-order valence-electron chi connectivity index (χ0n) is 16.0. The van der Waals surface area contributed by atoms with E-state index in [1.54, 1.807) is 9.80 Å². The van der Waals surface area contributed by atoms with Crippen LogP contribution in [0.1, 0.15) is 45.6 Å². The van der Waals surface area contributed by atoms with Gasteiger partial charge in [-0.2, -0.15) is 0 Å². The molecule has 1 aromatic carbocycles. The van der Waals surface area contributed by atoms with Gasteiger partial charge in [-0.05, 0) is 45.6 Å². The molecule has 6 nitrogen and oxygen atoms in total. The van der Waals surface area contributed by atoms with Crippen LogP contribution >= 0.6 is 0 Å². The van der Waals surface area contributed by atoms with Crippen LogP contribution in [0.3, 0.4) is 0 Å². The van der Waals surface area contributed by atoms with E-state index in [4.69, 9.17) is 4.74 Å². The van der Waals surface area contributed by atoms with E-state index in [1.807, 2.05) is 51.1 Å². The summed E-state index contributed by atoms with van der Waals surface area (Å²) in [6.45, 7) is 6.52. The van der Waals surface area contributed by atoms with Crippen LogP contribution in [0.4, 0.5) is 4.79 Å². The second kappa shape index (κ2) is 9.03. The highest BCUT2D eigenvalue weighted by Gasteiger charge is 2.36. The minimum Gasteiger partial charge on any atom is -0.444 e. The highest BCUT2D eigenvalue weighted by Crippen LogP contribution is 2.22. The Morgan fingerprint density at radius 3 is 2.54 bits per heavy atom. The number of rotatable bonds is 5. The molecule has 6 heteroatoms. The standard InChI is InChI=1S/C20H30N2O4/c1-20(2,3)26-19(25)22-12-8-7-11-17(22)18(24)21(13-14-23)15-16-9-5-4-6-10-16/h4-6,9-10,17,23H,7-8,11-15H2,1-3H3. The molecule has 1 atom stereocenters. The molecule has 0 aromatic heterocycles. The largest absolute Gasteiger partial charge is 0.444 e. The predicted molar refractivity (Wildman–Crippen MR) is 99.5 cm³/mol. The van der Waals surface area contributed by atoms with Gasteiger partial charge in [0.15, 0.2) is 0 Å². The van der Waals surface area contributed by atoms with Gasteiger partial charge in [0.05, 0.1) is 6.61 Å². The van der Waals surface area contributed by atoms with Gasteiger partial charge in [0.25, 0.3) is 0 Å². The Labute approximate surface area is 155 Å². The summed E-state index contributed by atoms with van der Waals surface area (Å²) in [6.07, 6.45) is 1.93. The fraction of sp³-hybridized carbons (Fsp3) is 0.600. The number of hydrogen-bond donors (Lipinski definition) is 1. The number of aliphatic hydroxyl groups excluding tert-OH is 1. The number of hydrogen-bond acceptors (Lipinski definition) is 4. The van der Waals surface area contributed by atoms with Crippen LogP contribution in [0.2, 0.25) is 0 Å². The number of piperidine rings is 1. The maximum atomic E-state index is 13.1. The quantitative estimate of drug-likeness (QED) is 0.874. The van der Waals surface area contributed by atoms with E-state index in [0.29, 0.717) is 19.5 Å². The molecule has 144 valence electrons. The maximum absolute atomic E-state index is 13.1. The first kappa shape index (κ1) is 20.2. The average molecular weight is 362 g/mol. The summed E-state index contributed by atoms with van der Waals surface area (Å²) in [5.74, 6) is -0.131. The molecule has 0 spiro atoms. The number of aliphatic hydroxyl groups is 1. The van der Waals surface area contributed by atoms with Gasteiger partial charge in [0.2, 0.25) is 5.91 Å². The van der Waals surface area contributed by atoms with Crippen molar-refractivity contribution in [3.05, 3.63) is 35.9 Å². The van der Waals surface area contributed by atoms with Gasteiger partial charge in [-0.1, -0.05) is 30.3 Å². The number of likely N-dealkylation sites (tertiary alicyclic amines) is 1. The van der Waals surface area contributed by atoms with Crippen LogP contribution < -0.4 is 0 Å². The Balaban J connectivity index is 2.14. The number of ether oxygens (including phenoxy) is 1. The Kier molecular flexibility index (Phi) is 7.03. The highest BCUT2D eigenvalue weighted by molar-refractivity contribution is 5.86. The molecule has 1 saturated heterocycles. The van der Waals surface area contributed by atoms with E-state index in [2.05, 4.69) is 0 Å². The minimum atomic E-state index is -0.600. The van der Waals surface area contributed by atoms with E-state index in [1.165, 1.54) is 0 Å². The Morgan fingerprint density at radius 1 is 1.23 bits per heavy atom. The minimum absolute atomic E-state index is 0.113. The van der Waals surface area contributed by atoms with Crippen LogP contribution in [-0.4, -0.2) is 58.2 Å². The monoisotopic (exact) mass is 362 g/mol. The molecule has 1 N–H and O–H groups in total. The lowest BCUT2D eigenvalue weighted by Gasteiger charge is -2.38. The predicted octanol–water partition coefficient (Wildman–Crippen LogP) is 2.80. The van der Waals surface area contributed by atoms with E-state index in [9.17, 15) is 14.7 Å². The fourth-order valence-electron chi connectivity index (χ4n) is 3.13. The van der Waals surface area contributed by atoms with E-state index in [-0.39, 0.29) is 19.1 Å². The molecule has 0 aliphatic carbocycles. The van der Waals surface area contributed by atoms with Crippen molar-refractivity contribution < 1.29 is 19.4 Å². The average Bonchev–Trinajstić information content (AvgIpc) is 2.60. The summed E-state index contributed by atoms with van der Waals surface area (Å²) in [7, 11) is 0. The van der Waals surface area contributed by atoms with Crippen molar-refractivity contribution in [1.29, 1.82) is 0 Å². The lowest BCUT2D eigenvalue weighted by Crippen LogP contribution is -2.54. The zero-order valence-corrected chi connectivity index (χ0v) is 16.0. The molecule has 0 bridgehead atoms. The van der Waals surface area contributed by atoms with Crippen LogP contribution in [-0.2, 0) is 16.1 Å². The fourth-order valence-corrected chi connectivity index (χ4v) is 3.13. The summed E-state index contributed by atoms with van der Waals surface area (Å²) in [6, 6.07) is 9.13. The van der Waals surface area contributed by atoms with Crippen molar-refractivity contribution >= 4 is 12.0 Å². The zero-order chi connectivity index (χ0) is 19.2. The molecule has 0 saturated carbocycles. The van der Waals surface area contributed by atoms with Crippen molar-refractivity contribution in [3.8, 4) is 0 Å².